The van der Waals surface area contributed by atoms with Gasteiger partial charge in [-0.3, -0.25) is 4.79 Å². The van der Waals surface area contributed by atoms with Crippen LogP contribution < -0.4 is 10.2 Å². The van der Waals surface area contributed by atoms with Crippen LogP contribution in [0.5, 0.6) is 0 Å². The molecule has 1 saturated heterocycles. The van der Waals surface area contributed by atoms with Gasteiger partial charge in [-0.25, -0.2) is 9.59 Å². The molecule has 0 aromatic rings. The van der Waals surface area contributed by atoms with Crippen molar-refractivity contribution in [2.75, 3.05) is 26.2 Å². The third kappa shape index (κ3) is 14.3. The zero-order valence-corrected chi connectivity index (χ0v) is 18.5. The van der Waals surface area contributed by atoms with Crippen molar-refractivity contribution in [3.63, 3.8) is 0 Å². The second-order valence-corrected chi connectivity index (χ2v) is 9.05. The number of hydrogen-bond acceptors (Lipinski definition) is 5. The molecule has 28 heavy (non-hydrogen) atoms. The van der Waals surface area contributed by atoms with Gasteiger partial charge in [-0.15, -0.1) is 0 Å². The van der Waals surface area contributed by atoms with Gasteiger partial charge in [0.15, 0.2) is 6.54 Å². The molecular weight excluding hydrogens is 364 g/mol. The van der Waals surface area contributed by atoms with Crippen LogP contribution in [0.15, 0.2) is 0 Å². The molecule has 0 radical (unpaired) electrons. The Bertz CT molecular complexity index is 500. The Labute approximate surface area is 168 Å². The number of aliphatic carboxylic acids is 1. The molecule has 0 unspecified atom stereocenters. The summed E-state index contributed by atoms with van der Waals surface area (Å²) in [7, 11) is 0. The molecule has 1 rings (SSSR count). The van der Waals surface area contributed by atoms with Crippen LogP contribution >= 0.6 is 0 Å². The van der Waals surface area contributed by atoms with E-state index in [1.54, 1.807) is 0 Å². The maximum Gasteiger partial charge on any atom is 0.407 e. The van der Waals surface area contributed by atoms with Gasteiger partial charge < -0.3 is 24.8 Å². The Balaban J connectivity index is 0.000000576. The lowest BCUT2D eigenvalue weighted by Crippen LogP contribution is -3.14. The van der Waals surface area contributed by atoms with Crippen LogP contribution in [-0.4, -0.2) is 60.5 Å². The van der Waals surface area contributed by atoms with E-state index in [0.29, 0.717) is 25.9 Å². The number of carboxylic acid groups (broad SMARTS) is 1. The van der Waals surface area contributed by atoms with Crippen LogP contribution in [0.1, 0.15) is 67.7 Å². The molecule has 1 aliphatic heterocycles. The van der Waals surface area contributed by atoms with Gasteiger partial charge in [0.1, 0.15) is 11.2 Å². The van der Waals surface area contributed by atoms with Crippen LogP contribution in [0.2, 0.25) is 0 Å². The third-order valence-corrected chi connectivity index (χ3v) is 3.77. The smallest absolute Gasteiger partial charge is 0.407 e. The maximum absolute atomic E-state index is 11.6. The van der Waals surface area contributed by atoms with Crippen molar-refractivity contribution in [2.45, 2.75) is 78.9 Å². The number of carboxylic acids is 1. The predicted octanol–water partition coefficient (Wildman–Crippen LogP) is 1.63. The monoisotopic (exact) mass is 403 g/mol. The van der Waals surface area contributed by atoms with Crippen LogP contribution in [-0.2, 0) is 19.1 Å². The van der Waals surface area contributed by atoms with Gasteiger partial charge in [-0.1, -0.05) is 6.92 Å². The van der Waals surface area contributed by atoms with Crippen molar-refractivity contribution in [3.8, 4) is 0 Å². The first-order valence-electron chi connectivity index (χ1n) is 9.98. The molecule has 0 aliphatic carbocycles. The summed E-state index contributed by atoms with van der Waals surface area (Å²) in [6.07, 6.45) is 1.89. The number of ether oxygens (including phenoxy) is 2. The molecule has 8 heteroatoms. The van der Waals surface area contributed by atoms with E-state index in [9.17, 15) is 14.4 Å². The Morgan fingerprint density at radius 2 is 1.50 bits per heavy atom. The highest BCUT2D eigenvalue weighted by Crippen LogP contribution is 2.09. The number of amides is 1. The van der Waals surface area contributed by atoms with Crippen LogP contribution in [0.25, 0.3) is 0 Å². The highest BCUT2D eigenvalue weighted by Gasteiger charge is 2.29. The SMILES string of the molecule is CC(C)(C)OC(=O)C[NH+]1CCC(C(=O)O)CC1.CCCNC(=O)OC(C)(C)C. The van der Waals surface area contributed by atoms with Crippen molar-refractivity contribution in [2.24, 2.45) is 5.92 Å². The summed E-state index contributed by atoms with van der Waals surface area (Å²) in [6, 6.07) is 0. The number of piperidine rings is 1. The van der Waals surface area contributed by atoms with Gasteiger partial charge in [0.05, 0.1) is 19.0 Å². The largest absolute Gasteiger partial charge is 0.481 e. The zero-order valence-electron chi connectivity index (χ0n) is 18.5. The molecule has 164 valence electrons. The first-order valence-corrected chi connectivity index (χ1v) is 9.98. The number of likely N-dealkylation sites (tertiary alicyclic amines) is 1. The predicted molar refractivity (Wildman–Crippen MR) is 106 cm³/mol. The van der Waals surface area contributed by atoms with E-state index in [4.69, 9.17) is 14.6 Å². The van der Waals surface area contributed by atoms with Crippen molar-refractivity contribution < 1.29 is 33.9 Å². The maximum atomic E-state index is 11.6. The number of alkyl carbamates (subject to hydrolysis) is 1. The van der Waals surface area contributed by atoms with Crippen LogP contribution in [0.4, 0.5) is 4.79 Å². The minimum absolute atomic E-state index is 0.207. The van der Waals surface area contributed by atoms with E-state index in [1.165, 1.54) is 0 Å². The quantitative estimate of drug-likeness (QED) is 0.603. The highest BCUT2D eigenvalue weighted by molar-refractivity contribution is 5.71. The van der Waals surface area contributed by atoms with Crippen molar-refractivity contribution >= 4 is 18.0 Å². The minimum atomic E-state index is -0.721. The lowest BCUT2D eigenvalue weighted by molar-refractivity contribution is -0.898. The molecule has 1 heterocycles. The number of rotatable bonds is 5. The fourth-order valence-electron chi connectivity index (χ4n) is 2.57. The minimum Gasteiger partial charge on any atom is -0.481 e. The molecule has 0 aromatic carbocycles. The third-order valence-electron chi connectivity index (χ3n) is 3.77. The molecule has 0 atom stereocenters. The molecule has 8 nitrogen and oxygen atoms in total. The van der Waals surface area contributed by atoms with Crippen molar-refractivity contribution in [1.29, 1.82) is 0 Å². The summed E-state index contributed by atoms with van der Waals surface area (Å²) in [5, 5.41) is 11.5. The summed E-state index contributed by atoms with van der Waals surface area (Å²) >= 11 is 0. The molecule has 0 aromatic heterocycles. The van der Waals surface area contributed by atoms with Gasteiger partial charge in [0, 0.05) is 19.4 Å². The molecule has 3 N–H and O–H groups in total. The normalized spacial score (nSPS) is 19.7. The number of hydrogen-bond donors (Lipinski definition) is 3. The molecule has 1 aliphatic rings. The lowest BCUT2D eigenvalue weighted by atomic mass is 9.97. The topological polar surface area (TPSA) is 106 Å². The summed E-state index contributed by atoms with van der Waals surface area (Å²) in [4.78, 5) is 34.4. The Kier molecular flexibility index (Phi) is 11.1. The van der Waals surface area contributed by atoms with E-state index in [-0.39, 0.29) is 18.0 Å². The lowest BCUT2D eigenvalue weighted by Gasteiger charge is -2.27. The van der Waals surface area contributed by atoms with Crippen LogP contribution in [0.3, 0.4) is 0 Å². The molecule has 1 amide bonds. The number of carbonyl (C=O) groups is 3. The Morgan fingerprint density at radius 1 is 1.00 bits per heavy atom. The summed E-state index contributed by atoms with van der Waals surface area (Å²) < 4.78 is 10.2. The Hall–Kier alpha value is -1.83. The molecule has 1 fully saturated rings. The molecule has 0 spiro atoms. The Morgan fingerprint density at radius 3 is 1.89 bits per heavy atom. The van der Waals surface area contributed by atoms with Gasteiger partial charge in [0.2, 0.25) is 0 Å². The number of nitrogens with one attached hydrogen (secondary N) is 2. The van der Waals surface area contributed by atoms with Gasteiger partial charge >= 0.3 is 18.0 Å². The van der Waals surface area contributed by atoms with Gasteiger partial charge in [-0.2, -0.15) is 0 Å². The fraction of sp³-hybridized carbons (Fsp3) is 0.850. The average Bonchev–Trinajstić information content (AvgIpc) is 2.50. The first kappa shape index (κ1) is 26.2. The average molecular weight is 404 g/mol. The van der Waals surface area contributed by atoms with E-state index < -0.39 is 17.2 Å². The number of quaternary nitrogens is 1. The number of esters is 1. The zero-order chi connectivity index (χ0) is 22.0. The van der Waals surface area contributed by atoms with Gasteiger partial charge in [-0.05, 0) is 48.0 Å². The van der Waals surface area contributed by atoms with E-state index in [2.05, 4.69) is 5.32 Å². The molecule has 0 saturated carbocycles. The summed E-state index contributed by atoms with van der Waals surface area (Å²) in [6.45, 7) is 15.5. The number of carbonyl (C=O) groups excluding carboxylic acids is 2. The standard InChI is InChI=1S/C12H21NO4.C8H17NO2/c1-12(2,3)17-10(14)8-13-6-4-9(5-7-13)11(15)16;1-5-6-9-7(10)11-8(2,3)4/h9H,4-8H2,1-3H3,(H,15,16);5-6H2,1-4H3,(H,9,10)/p+1. The van der Waals surface area contributed by atoms with E-state index in [1.807, 2.05) is 48.5 Å². The first-order chi connectivity index (χ1) is 12.7. The molecular formula is C20H39N2O6+. The molecule has 0 bridgehead atoms. The van der Waals surface area contributed by atoms with Crippen molar-refractivity contribution in [1.82, 2.24) is 5.32 Å². The van der Waals surface area contributed by atoms with E-state index >= 15 is 0 Å². The van der Waals surface area contributed by atoms with Crippen LogP contribution in [0, 0.1) is 5.92 Å². The van der Waals surface area contributed by atoms with E-state index in [0.717, 1.165) is 24.4 Å². The summed E-state index contributed by atoms with van der Waals surface area (Å²) in [5.41, 5.74) is -0.840. The summed E-state index contributed by atoms with van der Waals surface area (Å²) in [5.74, 6) is -1.17. The highest BCUT2D eigenvalue weighted by atomic mass is 16.6. The fourth-order valence-corrected chi connectivity index (χ4v) is 2.57. The van der Waals surface area contributed by atoms with Gasteiger partial charge in [0.25, 0.3) is 0 Å². The van der Waals surface area contributed by atoms with Crippen molar-refractivity contribution in [3.05, 3.63) is 0 Å². The second-order valence-electron chi connectivity index (χ2n) is 9.05. The second kappa shape index (κ2) is 11.9.